The van der Waals surface area contributed by atoms with Gasteiger partial charge in [0.05, 0.1) is 0 Å². The summed E-state index contributed by atoms with van der Waals surface area (Å²) in [6.07, 6.45) is 0. The second-order valence-corrected chi connectivity index (χ2v) is 5.47. The summed E-state index contributed by atoms with van der Waals surface area (Å²) in [5, 5.41) is 5.53. The molecule has 2 aromatic carbocycles. The summed E-state index contributed by atoms with van der Waals surface area (Å²) in [6.45, 7) is 3.21. The van der Waals surface area contributed by atoms with Crippen molar-refractivity contribution in [2.45, 2.75) is 20.0 Å². The minimum absolute atomic E-state index is 0. The molecule has 0 aromatic heterocycles. The third kappa shape index (κ3) is 6.74. The summed E-state index contributed by atoms with van der Waals surface area (Å²) in [5.41, 5.74) is 8.00. The number of amides is 2. The van der Waals surface area contributed by atoms with Crippen LogP contribution in [0.4, 0.5) is 0 Å². The topological polar surface area (TPSA) is 93.5 Å². The van der Waals surface area contributed by atoms with Gasteiger partial charge in [0.2, 0.25) is 0 Å². The Hall–Kier alpha value is -2.57. The highest BCUT2D eigenvalue weighted by Crippen LogP contribution is 2.13. The monoisotopic (exact) mass is 377 g/mol. The Bertz CT molecular complexity index is 720. The fourth-order valence-corrected chi connectivity index (χ4v) is 2.22. The number of benzene rings is 2. The number of hydrogen-bond acceptors (Lipinski definition) is 4. The molecule has 0 aliphatic carbocycles. The SMILES string of the molecule is CCNC(=O)COc1cccc(CNC(=O)c2ccc(CN)cc2)c1.Cl. The van der Waals surface area contributed by atoms with Crippen LogP contribution < -0.4 is 21.1 Å². The number of ether oxygens (including phenoxy) is 1. The third-order valence-electron chi connectivity index (χ3n) is 3.55. The van der Waals surface area contributed by atoms with E-state index in [4.69, 9.17) is 10.5 Å². The van der Waals surface area contributed by atoms with E-state index in [0.717, 1.165) is 11.1 Å². The highest BCUT2D eigenvalue weighted by atomic mass is 35.5. The largest absolute Gasteiger partial charge is 0.484 e. The molecule has 140 valence electrons. The summed E-state index contributed by atoms with van der Waals surface area (Å²) < 4.78 is 5.44. The summed E-state index contributed by atoms with van der Waals surface area (Å²) in [4.78, 5) is 23.6. The van der Waals surface area contributed by atoms with Crippen molar-refractivity contribution in [1.29, 1.82) is 0 Å². The predicted molar refractivity (Wildman–Crippen MR) is 103 cm³/mol. The molecule has 7 heteroatoms. The maximum atomic E-state index is 12.2. The van der Waals surface area contributed by atoms with Gasteiger partial charge in [0.15, 0.2) is 6.61 Å². The van der Waals surface area contributed by atoms with Crippen LogP contribution in [-0.2, 0) is 17.9 Å². The molecule has 0 aliphatic rings. The van der Waals surface area contributed by atoms with E-state index in [1.807, 2.05) is 31.2 Å². The van der Waals surface area contributed by atoms with Crippen molar-refractivity contribution in [1.82, 2.24) is 10.6 Å². The zero-order chi connectivity index (χ0) is 18.1. The van der Waals surface area contributed by atoms with Crippen molar-refractivity contribution in [3.63, 3.8) is 0 Å². The second-order valence-electron chi connectivity index (χ2n) is 5.47. The fraction of sp³-hybridized carbons (Fsp3) is 0.263. The smallest absolute Gasteiger partial charge is 0.257 e. The first-order valence-electron chi connectivity index (χ1n) is 8.18. The number of carbonyl (C=O) groups is 2. The molecule has 0 saturated carbocycles. The second kappa shape index (κ2) is 11.1. The van der Waals surface area contributed by atoms with E-state index < -0.39 is 0 Å². The van der Waals surface area contributed by atoms with Crippen LogP contribution >= 0.6 is 12.4 Å². The fourth-order valence-electron chi connectivity index (χ4n) is 2.22. The van der Waals surface area contributed by atoms with E-state index in [1.54, 1.807) is 24.3 Å². The van der Waals surface area contributed by atoms with Crippen LogP contribution in [0.5, 0.6) is 5.75 Å². The molecule has 0 spiro atoms. The van der Waals surface area contributed by atoms with E-state index in [9.17, 15) is 9.59 Å². The number of likely N-dealkylation sites (N-methyl/N-ethyl adjacent to an activating group) is 1. The van der Waals surface area contributed by atoms with E-state index in [-0.39, 0.29) is 30.8 Å². The van der Waals surface area contributed by atoms with Gasteiger partial charge in [0, 0.05) is 25.2 Å². The molecule has 2 aromatic rings. The Morgan fingerprint density at radius 1 is 1.04 bits per heavy atom. The molecule has 0 aliphatic heterocycles. The van der Waals surface area contributed by atoms with Crippen LogP contribution in [0.15, 0.2) is 48.5 Å². The van der Waals surface area contributed by atoms with Crippen molar-refractivity contribution < 1.29 is 14.3 Å². The maximum absolute atomic E-state index is 12.2. The summed E-state index contributed by atoms with van der Waals surface area (Å²) in [7, 11) is 0. The van der Waals surface area contributed by atoms with E-state index in [2.05, 4.69) is 10.6 Å². The molecule has 0 saturated heterocycles. The van der Waals surface area contributed by atoms with Crippen LogP contribution in [0.3, 0.4) is 0 Å². The number of nitrogens with one attached hydrogen (secondary N) is 2. The lowest BCUT2D eigenvalue weighted by Crippen LogP contribution is -2.28. The number of nitrogens with two attached hydrogens (primary N) is 1. The van der Waals surface area contributed by atoms with Gasteiger partial charge in [-0.15, -0.1) is 12.4 Å². The van der Waals surface area contributed by atoms with Gasteiger partial charge in [-0.1, -0.05) is 24.3 Å². The summed E-state index contributed by atoms with van der Waals surface area (Å²) >= 11 is 0. The number of halogens is 1. The lowest BCUT2D eigenvalue weighted by atomic mass is 10.1. The van der Waals surface area contributed by atoms with Gasteiger partial charge in [0.25, 0.3) is 11.8 Å². The Kier molecular flexibility index (Phi) is 9.19. The molecule has 26 heavy (non-hydrogen) atoms. The molecule has 0 atom stereocenters. The van der Waals surface area contributed by atoms with Crippen molar-refractivity contribution in [2.24, 2.45) is 5.73 Å². The van der Waals surface area contributed by atoms with Crippen LogP contribution in [0.25, 0.3) is 0 Å². The molecule has 4 N–H and O–H groups in total. The van der Waals surface area contributed by atoms with Gasteiger partial charge < -0.3 is 21.1 Å². The molecular formula is C19H24ClN3O3. The Balaban J connectivity index is 0.00000338. The molecule has 0 fully saturated rings. The normalized spacial score (nSPS) is 9.77. The average Bonchev–Trinajstić information content (AvgIpc) is 2.65. The minimum atomic E-state index is -0.165. The van der Waals surface area contributed by atoms with Gasteiger partial charge in [-0.2, -0.15) is 0 Å². The van der Waals surface area contributed by atoms with Crippen LogP contribution in [0.1, 0.15) is 28.4 Å². The van der Waals surface area contributed by atoms with E-state index >= 15 is 0 Å². The van der Waals surface area contributed by atoms with Crippen LogP contribution in [0.2, 0.25) is 0 Å². The highest BCUT2D eigenvalue weighted by Gasteiger charge is 2.06. The molecule has 0 radical (unpaired) electrons. The minimum Gasteiger partial charge on any atom is -0.484 e. The molecule has 2 rings (SSSR count). The molecule has 2 amide bonds. The highest BCUT2D eigenvalue weighted by molar-refractivity contribution is 5.94. The van der Waals surface area contributed by atoms with E-state index in [0.29, 0.717) is 30.9 Å². The Labute approximate surface area is 159 Å². The summed E-state index contributed by atoms with van der Waals surface area (Å²) in [6, 6.07) is 14.5. The van der Waals surface area contributed by atoms with Crippen molar-refractivity contribution in [2.75, 3.05) is 13.2 Å². The Morgan fingerprint density at radius 3 is 2.42 bits per heavy atom. The first-order chi connectivity index (χ1) is 12.1. The number of carbonyl (C=O) groups excluding carboxylic acids is 2. The van der Waals surface area contributed by atoms with Crippen LogP contribution in [0, 0.1) is 0 Å². The average molecular weight is 378 g/mol. The van der Waals surface area contributed by atoms with Gasteiger partial charge in [-0.3, -0.25) is 9.59 Å². The zero-order valence-electron chi connectivity index (χ0n) is 14.7. The first-order valence-corrected chi connectivity index (χ1v) is 8.18. The lowest BCUT2D eigenvalue weighted by Gasteiger charge is -2.09. The van der Waals surface area contributed by atoms with Gasteiger partial charge in [0.1, 0.15) is 5.75 Å². The maximum Gasteiger partial charge on any atom is 0.257 e. The third-order valence-corrected chi connectivity index (χ3v) is 3.55. The molecular weight excluding hydrogens is 354 g/mol. The molecule has 6 nitrogen and oxygen atoms in total. The Morgan fingerprint density at radius 2 is 1.77 bits per heavy atom. The number of hydrogen-bond donors (Lipinski definition) is 3. The van der Waals surface area contributed by atoms with Crippen molar-refractivity contribution in [3.05, 3.63) is 65.2 Å². The quantitative estimate of drug-likeness (QED) is 0.656. The van der Waals surface area contributed by atoms with Gasteiger partial charge >= 0.3 is 0 Å². The van der Waals surface area contributed by atoms with Crippen molar-refractivity contribution in [3.8, 4) is 5.75 Å². The van der Waals surface area contributed by atoms with Gasteiger partial charge in [-0.05, 0) is 42.3 Å². The molecule has 0 unspecified atom stereocenters. The first kappa shape index (κ1) is 21.5. The molecule has 0 heterocycles. The predicted octanol–water partition coefficient (Wildman–Crippen LogP) is 2.01. The zero-order valence-corrected chi connectivity index (χ0v) is 15.5. The van der Waals surface area contributed by atoms with E-state index in [1.165, 1.54) is 0 Å². The lowest BCUT2D eigenvalue weighted by molar-refractivity contribution is -0.122. The van der Waals surface area contributed by atoms with Crippen molar-refractivity contribution >= 4 is 24.2 Å². The standard InChI is InChI=1S/C19H23N3O3.ClH/c1-2-21-18(23)13-25-17-5-3-4-15(10-17)12-22-19(24)16-8-6-14(11-20)7-9-16;/h3-10H,2,11-13,20H2,1H3,(H,21,23)(H,22,24);1H. The van der Waals surface area contributed by atoms with Crippen LogP contribution in [-0.4, -0.2) is 25.0 Å². The van der Waals surface area contributed by atoms with Gasteiger partial charge in [-0.25, -0.2) is 0 Å². The molecule has 0 bridgehead atoms. The summed E-state index contributed by atoms with van der Waals surface area (Å²) in [5.74, 6) is 0.268. The number of rotatable bonds is 8.